The van der Waals surface area contributed by atoms with Gasteiger partial charge in [0.05, 0.1) is 55.1 Å². The van der Waals surface area contributed by atoms with Crippen molar-refractivity contribution < 1.29 is 33.2 Å². The van der Waals surface area contributed by atoms with Gasteiger partial charge in [-0.1, -0.05) is 28.1 Å². The molecule has 0 bridgehead atoms. The van der Waals surface area contributed by atoms with Crippen LogP contribution in [-0.2, 0) is 11.2 Å². The first-order valence-electron chi connectivity index (χ1n) is 11.0. The Morgan fingerprint density at radius 1 is 0.694 bits per heavy atom. The van der Waals surface area contributed by atoms with Crippen LogP contribution in [0.5, 0.6) is 34.5 Å². The van der Waals surface area contributed by atoms with Crippen LogP contribution in [-0.4, -0.2) is 48.6 Å². The van der Waals surface area contributed by atoms with Crippen molar-refractivity contribution in [2.75, 3.05) is 42.7 Å². The molecule has 3 aromatic rings. The number of benzene rings is 3. The minimum Gasteiger partial charge on any atom is -0.493 e. The molecule has 0 fully saturated rings. The van der Waals surface area contributed by atoms with Crippen LogP contribution in [0.3, 0.4) is 0 Å². The fourth-order valence-electron chi connectivity index (χ4n) is 3.85. The lowest BCUT2D eigenvalue weighted by Gasteiger charge is -2.23. The average Bonchev–Trinajstić information content (AvgIpc) is 2.91. The number of halogens is 1. The highest BCUT2D eigenvalue weighted by Gasteiger charge is 2.24. The van der Waals surface area contributed by atoms with Gasteiger partial charge >= 0.3 is 0 Å². The Hall–Kier alpha value is -3.59. The molecule has 0 aromatic heterocycles. The molecule has 0 radical (unpaired) electrons. The van der Waals surface area contributed by atoms with E-state index in [1.807, 2.05) is 30.3 Å². The first-order chi connectivity index (χ1) is 17.4. The van der Waals surface area contributed by atoms with Gasteiger partial charge in [-0.15, -0.1) is 0 Å². The summed E-state index contributed by atoms with van der Waals surface area (Å²) in [6.45, 7) is 0. The standard InChI is InChI=1S/C27H30BrNO7/c1-31-20-9-7-16(11-22(20)33-3)12-26(30)29-27(17-8-10-21(32-2)23(13-17)34-4)18-14-24(35-5)25(36-6)15-19(18)28/h7-11,13-15,27H,12H2,1-6H3,(H,29,30)/t27-/m0/s1. The lowest BCUT2D eigenvalue weighted by molar-refractivity contribution is -0.120. The van der Waals surface area contributed by atoms with Gasteiger partial charge in [0.1, 0.15) is 0 Å². The summed E-state index contributed by atoms with van der Waals surface area (Å²) in [6.07, 6.45) is 0.134. The zero-order chi connectivity index (χ0) is 26.2. The number of nitrogens with one attached hydrogen (secondary N) is 1. The number of amides is 1. The van der Waals surface area contributed by atoms with Crippen LogP contribution in [0.25, 0.3) is 0 Å². The van der Waals surface area contributed by atoms with Gasteiger partial charge in [-0.3, -0.25) is 4.79 Å². The summed E-state index contributed by atoms with van der Waals surface area (Å²) in [4.78, 5) is 13.3. The van der Waals surface area contributed by atoms with Crippen LogP contribution in [0.1, 0.15) is 22.7 Å². The summed E-state index contributed by atoms with van der Waals surface area (Å²) < 4.78 is 33.2. The summed E-state index contributed by atoms with van der Waals surface area (Å²) in [5.41, 5.74) is 2.35. The number of ether oxygens (including phenoxy) is 6. The Morgan fingerprint density at radius 3 is 1.78 bits per heavy atom. The highest BCUT2D eigenvalue weighted by atomic mass is 79.9. The predicted octanol–water partition coefficient (Wildman–Crippen LogP) is 4.95. The third-order valence-electron chi connectivity index (χ3n) is 5.67. The van der Waals surface area contributed by atoms with Crippen molar-refractivity contribution in [3.8, 4) is 34.5 Å². The zero-order valence-corrected chi connectivity index (χ0v) is 22.7. The van der Waals surface area contributed by atoms with E-state index in [1.54, 1.807) is 60.9 Å². The van der Waals surface area contributed by atoms with E-state index in [0.29, 0.717) is 34.5 Å². The number of hydrogen-bond donors (Lipinski definition) is 1. The molecular formula is C27H30BrNO7. The van der Waals surface area contributed by atoms with Crippen LogP contribution in [0.2, 0.25) is 0 Å². The average molecular weight is 560 g/mol. The maximum absolute atomic E-state index is 13.3. The Morgan fingerprint density at radius 2 is 1.19 bits per heavy atom. The molecule has 3 aromatic carbocycles. The Labute approximate surface area is 219 Å². The summed E-state index contributed by atoms with van der Waals surface area (Å²) in [5.74, 6) is 3.20. The molecule has 8 nitrogen and oxygen atoms in total. The second-order valence-electron chi connectivity index (χ2n) is 7.71. The molecule has 0 heterocycles. The number of carbonyl (C=O) groups is 1. The van der Waals surface area contributed by atoms with Crippen molar-refractivity contribution in [1.82, 2.24) is 5.32 Å². The lowest BCUT2D eigenvalue weighted by atomic mass is 9.97. The van der Waals surface area contributed by atoms with Gasteiger partial charge in [0.15, 0.2) is 34.5 Å². The maximum atomic E-state index is 13.3. The van der Waals surface area contributed by atoms with Crippen LogP contribution >= 0.6 is 15.9 Å². The second kappa shape index (κ2) is 12.4. The van der Waals surface area contributed by atoms with E-state index in [2.05, 4.69) is 21.2 Å². The van der Waals surface area contributed by atoms with Crippen molar-refractivity contribution in [2.24, 2.45) is 0 Å². The lowest BCUT2D eigenvalue weighted by Crippen LogP contribution is -2.31. The molecule has 0 aliphatic heterocycles. The minimum absolute atomic E-state index is 0.134. The molecular weight excluding hydrogens is 530 g/mol. The third-order valence-corrected chi connectivity index (χ3v) is 6.36. The highest BCUT2D eigenvalue weighted by molar-refractivity contribution is 9.10. The van der Waals surface area contributed by atoms with E-state index in [1.165, 1.54) is 0 Å². The van der Waals surface area contributed by atoms with Crippen LogP contribution in [0.4, 0.5) is 0 Å². The van der Waals surface area contributed by atoms with Gasteiger partial charge in [0, 0.05) is 4.47 Å². The molecule has 1 atom stereocenters. The Bertz CT molecular complexity index is 1210. The molecule has 3 rings (SSSR count). The summed E-state index contributed by atoms with van der Waals surface area (Å²) in [5, 5.41) is 3.15. The van der Waals surface area contributed by atoms with Crippen molar-refractivity contribution in [3.05, 3.63) is 69.7 Å². The van der Waals surface area contributed by atoms with Gasteiger partial charge in [-0.25, -0.2) is 0 Å². The smallest absolute Gasteiger partial charge is 0.225 e. The maximum Gasteiger partial charge on any atom is 0.225 e. The number of rotatable bonds is 11. The van der Waals surface area contributed by atoms with Gasteiger partial charge in [-0.2, -0.15) is 0 Å². The minimum atomic E-state index is -0.536. The van der Waals surface area contributed by atoms with Gasteiger partial charge in [0.2, 0.25) is 5.91 Å². The van der Waals surface area contributed by atoms with E-state index in [-0.39, 0.29) is 12.3 Å². The zero-order valence-electron chi connectivity index (χ0n) is 21.1. The molecule has 0 unspecified atom stereocenters. The summed E-state index contributed by atoms with van der Waals surface area (Å²) in [7, 11) is 9.41. The van der Waals surface area contributed by atoms with Crippen molar-refractivity contribution in [2.45, 2.75) is 12.5 Å². The number of methoxy groups -OCH3 is 6. The fourth-order valence-corrected chi connectivity index (χ4v) is 4.40. The van der Waals surface area contributed by atoms with Crippen LogP contribution < -0.4 is 33.7 Å². The monoisotopic (exact) mass is 559 g/mol. The fraction of sp³-hybridized carbons (Fsp3) is 0.296. The molecule has 0 saturated carbocycles. The van der Waals surface area contributed by atoms with Crippen molar-refractivity contribution in [1.29, 1.82) is 0 Å². The predicted molar refractivity (Wildman–Crippen MR) is 140 cm³/mol. The molecule has 0 aliphatic rings. The van der Waals surface area contributed by atoms with E-state index in [4.69, 9.17) is 28.4 Å². The highest BCUT2D eigenvalue weighted by Crippen LogP contribution is 2.40. The molecule has 1 amide bonds. The molecule has 0 saturated heterocycles. The van der Waals surface area contributed by atoms with Gasteiger partial charge in [-0.05, 0) is 53.1 Å². The van der Waals surface area contributed by atoms with Gasteiger partial charge in [0.25, 0.3) is 0 Å². The first kappa shape index (κ1) is 27.0. The number of carbonyl (C=O) groups excluding carboxylic acids is 1. The normalized spacial score (nSPS) is 11.3. The molecule has 36 heavy (non-hydrogen) atoms. The van der Waals surface area contributed by atoms with E-state index in [9.17, 15) is 4.79 Å². The molecule has 1 N–H and O–H groups in total. The summed E-state index contributed by atoms with van der Waals surface area (Å²) in [6, 6.07) is 14.0. The molecule has 9 heteroatoms. The van der Waals surface area contributed by atoms with Crippen LogP contribution in [0, 0.1) is 0 Å². The van der Waals surface area contributed by atoms with Crippen molar-refractivity contribution >= 4 is 21.8 Å². The number of hydrogen-bond acceptors (Lipinski definition) is 7. The van der Waals surface area contributed by atoms with Crippen LogP contribution in [0.15, 0.2) is 53.0 Å². The SMILES string of the molecule is COc1ccc(CC(=O)N[C@@H](c2ccc(OC)c(OC)c2)c2cc(OC)c(OC)cc2Br)cc1OC. The quantitative estimate of drug-likeness (QED) is 0.355. The Kier molecular flexibility index (Phi) is 9.30. The Balaban J connectivity index is 2.02. The largest absolute Gasteiger partial charge is 0.493 e. The van der Waals surface area contributed by atoms with Crippen molar-refractivity contribution in [3.63, 3.8) is 0 Å². The van der Waals surface area contributed by atoms with E-state index in [0.717, 1.165) is 21.2 Å². The molecule has 0 spiro atoms. The molecule has 0 aliphatic carbocycles. The van der Waals surface area contributed by atoms with Gasteiger partial charge < -0.3 is 33.7 Å². The van der Waals surface area contributed by atoms with E-state index < -0.39 is 6.04 Å². The third kappa shape index (κ3) is 5.96. The van der Waals surface area contributed by atoms with E-state index >= 15 is 0 Å². The first-order valence-corrected chi connectivity index (χ1v) is 11.8. The second-order valence-corrected chi connectivity index (χ2v) is 8.56. The molecule has 192 valence electrons. The topological polar surface area (TPSA) is 84.5 Å². The summed E-state index contributed by atoms with van der Waals surface area (Å²) >= 11 is 3.63.